The smallest absolute Gasteiger partial charge is 0.000240 e. The Morgan fingerprint density at radius 3 is 1.92 bits per heavy atom. The summed E-state index contributed by atoms with van der Waals surface area (Å²) < 4.78 is 0. The van der Waals surface area contributed by atoms with Crippen molar-refractivity contribution in [2.24, 2.45) is 5.41 Å². The molecule has 0 atom stereocenters. The van der Waals surface area contributed by atoms with Crippen LogP contribution in [0.5, 0.6) is 0 Å². The first kappa shape index (κ1) is 14.5. The molecule has 1 nitrogen and oxygen atoms in total. The Labute approximate surface area is 78.9 Å². The van der Waals surface area contributed by atoms with E-state index in [1.165, 1.54) is 12.8 Å². The van der Waals surface area contributed by atoms with E-state index in [0.717, 1.165) is 13.1 Å². The average Bonchev–Trinajstić information content (AvgIpc) is 2.05. The molecule has 0 aromatic carbocycles. The highest BCUT2D eigenvalue weighted by atomic mass is 14.9. The third-order valence-electron chi connectivity index (χ3n) is 1.78. The summed E-state index contributed by atoms with van der Waals surface area (Å²) in [6.45, 7) is 15.3. The number of rotatable bonds is 5. The second kappa shape index (κ2) is 9.05. The summed E-state index contributed by atoms with van der Waals surface area (Å²) in [6.07, 6.45) is 2.61. The Hall–Kier alpha value is -0.0400. The predicted molar refractivity (Wildman–Crippen MR) is 58.6 cm³/mol. The second-order valence-corrected chi connectivity index (χ2v) is 3.69. The van der Waals surface area contributed by atoms with Crippen LogP contribution < -0.4 is 5.32 Å². The van der Waals surface area contributed by atoms with Gasteiger partial charge in [-0.05, 0) is 18.4 Å². The fourth-order valence-corrected chi connectivity index (χ4v) is 1.23. The first-order valence-corrected chi connectivity index (χ1v) is 5.33. The molecule has 0 unspecified atom stereocenters. The molecule has 0 rings (SSSR count). The van der Waals surface area contributed by atoms with E-state index < -0.39 is 0 Å². The normalized spacial score (nSPS) is 10.5. The Morgan fingerprint density at radius 2 is 1.58 bits per heavy atom. The average molecular weight is 173 g/mol. The lowest BCUT2D eigenvalue weighted by atomic mass is 9.88. The molecule has 0 aromatic heterocycles. The molecule has 0 saturated carbocycles. The minimum atomic E-state index is 0.491. The van der Waals surface area contributed by atoms with Crippen LogP contribution in [0.3, 0.4) is 0 Å². The quantitative estimate of drug-likeness (QED) is 0.671. The van der Waals surface area contributed by atoms with Gasteiger partial charge in [0.2, 0.25) is 0 Å². The van der Waals surface area contributed by atoms with Crippen molar-refractivity contribution in [2.45, 2.75) is 54.4 Å². The lowest BCUT2D eigenvalue weighted by molar-refractivity contribution is 0.314. The van der Waals surface area contributed by atoms with Gasteiger partial charge in [0.25, 0.3) is 0 Å². The molecule has 1 N–H and O–H groups in total. The van der Waals surface area contributed by atoms with Gasteiger partial charge in [0.05, 0.1) is 0 Å². The monoisotopic (exact) mass is 173 g/mol. The molecule has 0 aliphatic carbocycles. The Balaban J connectivity index is 0. The molecule has 0 fully saturated rings. The van der Waals surface area contributed by atoms with Crippen molar-refractivity contribution in [3.8, 4) is 0 Å². The molecular weight excluding hydrogens is 146 g/mol. The molecule has 0 spiro atoms. The summed E-state index contributed by atoms with van der Waals surface area (Å²) in [6, 6.07) is 0. The molecule has 0 heterocycles. The van der Waals surface area contributed by atoms with Gasteiger partial charge < -0.3 is 5.32 Å². The van der Waals surface area contributed by atoms with Crippen LogP contribution in [-0.2, 0) is 0 Å². The number of hydrogen-bond acceptors (Lipinski definition) is 1. The van der Waals surface area contributed by atoms with Gasteiger partial charge in [0, 0.05) is 6.54 Å². The minimum absolute atomic E-state index is 0.491. The van der Waals surface area contributed by atoms with E-state index in [1.54, 1.807) is 0 Å². The largest absolute Gasteiger partial charge is 0.316 e. The van der Waals surface area contributed by atoms with Crippen LogP contribution in [0.4, 0.5) is 0 Å². The third-order valence-corrected chi connectivity index (χ3v) is 1.78. The van der Waals surface area contributed by atoms with Crippen molar-refractivity contribution >= 4 is 0 Å². The summed E-state index contributed by atoms with van der Waals surface area (Å²) in [4.78, 5) is 0. The number of nitrogens with one attached hydrogen (secondary N) is 1. The van der Waals surface area contributed by atoms with Gasteiger partial charge in [-0.3, -0.25) is 0 Å². The van der Waals surface area contributed by atoms with Crippen LogP contribution >= 0.6 is 0 Å². The van der Waals surface area contributed by atoms with Gasteiger partial charge in [0.15, 0.2) is 0 Å². The fourth-order valence-electron chi connectivity index (χ4n) is 1.23. The van der Waals surface area contributed by atoms with Crippen molar-refractivity contribution in [3.05, 3.63) is 0 Å². The molecule has 0 aromatic rings. The molecule has 0 aliphatic rings. The molecule has 0 radical (unpaired) electrons. The van der Waals surface area contributed by atoms with Crippen molar-refractivity contribution in [1.29, 1.82) is 0 Å². The zero-order chi connectivity index (χ0) is 10.0. The SMILES string of the molecule is CC.CCCC(C)(C)CNCC. The summed E-state index contributed by atoms with van der Waals surface area (Å²) in [5.74, 6) is 0. The van der Waals surface area contributed by atoms with Crippen molar-refractivity contribution in [2.75, 3.05) is 13.1 Å². The summed E-state index contributed by atoms with van der Waals surface area (Å²) in [5.41, 5.74) is 0.491. The van der Waals surface area contributed by atoms with Crippen LogP contribution in [-0.4, -0.2) is 13.1 Å². The Morgan fingerprint density at radius 1 is 1.08 bits per heavy atom. The molecular formula is C11H27N. The Kier molecular flexibility index (Phi) is 10.9. The predicted octanol–water partition coefficient (Wildman–Crippen LogP) is 3.45. The maximum atomic E-state index is 3.37. The molecule has 0 amide bonds. The molecule has 12 heavy (non-hydrogen) atoms. The standard InChI is InChI=1S/C9H21N.C2H6/c1-5-7-9(3,4)8-10-6-2;1-2/h10H,5-8H2,1-4H3;1-2H3. The third kappa shape index (κ3) is 9.96. The fraction of sp³-hybridized carbons (Fsp3) is 1.00. The highest BCUT2D eigenvalue weighted by Gasteiger charge is 2.14. The van der Waals surface area contributed by atoms with E-state index in [9.17, 15) is 0 Å². The van der Waals surface area contributed by atoms with Crippen LogP contribution in [0.2, 0.25) is 0 Å². The van der Waals surface area contributed by atoms with Gasteiger partial charge in [0.1, 0.15) is 0 Å². The number of hydrogen-bond donors (Lipinski definition) is 1. The summed E-state index contributed by atoms with van der Waals surface area (Å²) in [5, 5.41) is 3.37. The molecule has 76 valence electrons. The van der Waals surface area contributed by atoms with Crippen LogP contribution in [0, 0.1) is 5.41 Å². The molecule has 0 aliphatic heterocycles. The van der Waals surface area contributed by atoms with Crippen molar-refractivity contribution in [1.82, 2.24) is 5.32 Å². The highest BCUT2D eigenvalue weighted by Crippen LogP contribution is 2.20. The van der Waals surface area contributed by atoms with E-state index in [-0.39, 0.29) is 0 Å². The highest BCUT2D eigenvalue weighted by molar-refractivity contribution is 4.69. The molecule has 0 bridgehead atoms. The van der Waals surface area contributed by atoms with Gasteiger partial charge in [-0.1, -0.05) is 48.0 Å². The van der Waals surface area contributed by atoms with Crippen LogP contribution in [0.1, 0.15) is 54.4 Å². The van der Waals surface area contributed by atoms with E-state index >= 15 is 0 Å². The zero-order valence-corrected chi connectivity index (χ0v) is 9.83. The van der Waals surface area contributed by atoms with Crippen LogP contribution in [0.25, 0.3) is 0 Å². The summed E-state index contributed by atoms with van der Waals surface area (Å²) in [7, 11) is 0. The Bertz CT molecular complexity index is 77.1. The topological polar surface area (TPSA) is 12.0 Å². The minimum Gasteiger partial charge on any atom is -0.316 e. The second-order valence-electron chi connectivity index (χ2n) is 3.69. The van der Waals surface area contributed by atoms with Gasteiger partial charge in [-0.2, -0.15) is 0 Å². The van der Waals surface area contributed by atoms with Gasteiger partial charge in [-0.15, -0.1) is 0 Å². The maximum absolute atomic E-state index is 3.37. The van der Waals surface area contributed by atoms with Crippen molar-refractivity contribution in [3.63, 3.8) is 0 Å². The van der Waals surface area contributed by atoms with Gasteiger partial charge in [-0.25, -0.2) is 0 Å². The van der Waals surface area contributed by atoms with E-state index in [0.29, 0.717) is 5.41 Å². The first-order chi connectivity index (χ1) is 5.62. The maximum Gasteiger partial charge on any atom is 0.000240 e. The lowest BCUT2D eigenvalue weighted by Crippen LogP contribution is -2.28. The van der Waals surface area contributed by atoms with Gasteiger partial charge >= 0.3 is 0 Å². The van der Waals surface area contributed by atoms with E-state index in [4.69, 9.17) is 0 Å². The zero-order valence-electron chi connectivity index (χ0n) is 9.83. The van der Waals surface area contributed by atoms with E-state index in [2.05, 4.69) is 33.0 Å². The van der Waals surface area contributed by atoms with Crippen LogP contribution in [0.15, 0.2) is 0 Å². The first-order valence-electron chi connectivity index (χ1n) is 5.33. The summed E-state index contributed by atoms with van der Waals surface area (Å²) >= 11 is 0. The molecule has 1 heteroatoms. The molecule has 0 saturated heterocycles. The van der Waals surface area contributed by atoms with Crippen molar-refractivity contribution < 1.29 is 0 Å². The van der Waals surface area contributed by atoms with E-state index in [1.807, 2.05) is 13.8 Å². The lowest BCUT2D eigenvalue weighted by Gasteiger charge is -2.23.